The molecule has 8 nitrogen and oxygen atoms in total. The maximum Gasteiger partial charge on any atom is 0.203 e. The van der Waals surface area contributed by atoms with Crippen LogP contribution in [0.1, 0.15) is 19.7 Å². The van der Waals surface area contributed by atoms with Crippen LogP contribution in [0.5, 0.6) is 0 Å². The van der Waals surface area contributed by atoms with Crippen molar-refractivity contribution in [3.05, 3.63) is 60.7 Å². The summed E-state index contributed by atoms with van der Waals surface area (Å²) in [6.45, 7) is 14.0. The summed E-state index contributed by atoms with van der Waals surface area (Å²) in [5.74, 6) is 2.19. The van der Waals surface area contributed by atoms with Crippen molar-refractivity contribution >= 4 is 29.2 Å². The van der Waals surface area contributed by atoms with E-state index in [0.717, 1.165) is 28.4 Å². The fourth-order valence-electron chi connectivity index (χ4n) is 3.37. The van der Waals surface area contributed by atoms with Gasteiger partial charge in [0.25, 0.3) is 0 Å². The number of nitrogens with one attached hydrogen (secondary N) is 1. The summed E-state index contributed by atoms with van der Waals surface area (Å²) in [6, 6.07) is 8.19. The molecule has 30 heavy (non-hydrogen) atoms. The second kappa shape index (κ2) is 7.90. The Morgan fingerprint density at radius 2 is 2.03 bits per heavy atom. The van der Waals surface area contributed by atoms with E-state index in [1.54, 1.807) is 6.08 Å². The maximum atomic E-state index is 4.87. The number of benzene rings is 1. The van der Waals surface area contributed by atoms with E-state index in [9.17, 15) is 0 Å². The molecule has 0 saturated heterocycles. The molecular formula is C22H24N8. The molecule has 0 bridgehead atoms. The number of aryl methyl sites for hydroxylation is 1. The van der Waals surface area contributed by atoms with E-state index in [2.05, 4.69) is 52.2 Å². The summed E-state index contributed by atoms with van der Waals surface area (Å²) < 4.78 is 4.02. The maximum absolute atomic E-state index is 4.87. The molecule has 0 saturated carbocycles. The summed E-state index contributed by atoms with van der Waals surface area (Å²) in [7, 11) is 0. The van der Waals surface area contributed by atoms with E-state index in [1.807, 2.05) is 47.9 Å². The Morgan fingerprint density at radius 3 is 2.77 bits per heavy atom. The van der Waals surface area contributed by atoms with E-state index in [4.69, 9.17) is 9.97 Å². The molecule has 3 heterocycles. The van der Waals surface area contributed by atoms with Gasteiger partial charge in [0.1, 0.15) is 11.5 Å². The first kappa shape index (κ1) is 19.5. The Hall–Kier alpha value is -3.81. The van der Waals surface area contributed by atoms with Crippen molar-refractivity contribution in [2.24, 2.45) is 4.99 Å². The van der Waals surface area contributed by atoms with Gasteiger partial charge >= 0.3 is 0 Å². The van der Waals surface area contributed by atoms with Gasteiger partial charge in [-0.1, -0.05) is 24.8 Å². The van der Waals surface area contributed by atoms with Crippen molar-refractivity contribution in [2.45, 2.75) is 33.4 Å². The van der Waals surface area contributed by atoms with Crippen LogP contribution in [0.15, 0.2) is 59.9 Å². The van der Waals surface area contributed by atoms with Crippen LogP contribution >= 0.6 is 0 Å². The normalized spacial score (nSPS) is 12.1. The number of hydrogen-bond acceptors (Lipinski definition) is 6. The summed E-state index contributed by atoms with van der Waals surface area (Å²) in [5.41, 5.74) is 4.07. The van der Waals surface area contributed by atoms with Gasteiger partial charge in [-0.25, -0.2) is 9.97 Å². The fourth-order valence-corrected chi connectivity index (χ4v) is 3.37. The van der Waals surface area contributed by atoms with E-state index in [1.165, 1.54) is 0 Å². The summed E-state index contributed by atoms with van der Waals surface area (Å²) in [5, 5.41) is 11.9. The van der Waals surface area contributed by atoms with Crippen molar-refractivity contribution in [3.8, 4) is 11.5 Å². The lowest BCUT2D eigenvalue weighted by atomic mass is 10.3. The van der Waals surface area contributed by atoms with Gasteiger partial charge in [-0.05, 0) is 45.7 Å². The van der Waals surface area contributed by atoms with Gasteiger partial charge in [0.15, 0.2) is 11.6 Å². The highest BCUT2D eigenvalue weighted by Gasteiger charge is 2.19. The van der Waals surface area contributed by atoms with Crippen molar-refractivity contribution in [3.63, 3.8) is 0 Å². The number of imidazole rings is 1. The zero-order valence-corrected chi connectivity index (χ0v) is 17.4. The third-order valence-corrected chi connectivity index (χ3v) is 4.70. The molecule has 4 rings (SSSR count). The van der Waals surface area contributed by atoms with Crippen LogP contribution < -0.4 is 5.32 Å². The molecule has 152 valence electrons. The summed E-state index contributed by atoms with van der Waals surface area (Å²) >= 11 is 0. The minimum atomic E-state index is 0.194. The quantitative estimate of drug-likeness (QED) is 0.374. The van der Waals surface area contributed by atoms with Crippen molar-refractivity contribution in [1.29, 1.82) is 0 Å². The Bertz CT molecular complexity index is 1280. The van der Waals surface area contributed by atoms with Crippen LogP contribution in [0.25, 0.3) is 28.2 Å². The second-order valence-electron chi connectivity index (χ2n) is 7.28. The first-order valence-corrected chi connectivity index (χ1v) is 9.74. The number of nitrogens with zero attached hydrogens (tertiary/aromatic N) is 7. The first-order chi connectivity index (χ1) is 14.5. The lowest BCUT2D eigenvalue weighted by Crippen LogP contribution is -2.13. The predicted molar refractivity (Wildman–Crippen MR) is 121 cm³/mol. The second-order valence-corrected chi connectivity index (χ2v) is 7.28. The van der Waals surface area contributed by atoms with E-state index >= 15 is 0 Å². The number of allylic oxidation sites excluding steroid dienone is 3. The van der Waals surface area contributed by atoms with Crippen molar-refractivity contribution in [1.82, 2.24) is 29.1 Å². The molecule has 0 aliphatic rings. The van der Waals surface area contributed by atoms with Crippen molar-refractivity contribution in [2.75, 3.05) is 5.32 Å². The molecular weight excluding hydrogens is 376 g/mol. The largest absolute Gasteiger partial charge is 0.365 e. The molecule has 0 unspecified atom stereocenters. The van der Waals surface area contributed by atoms with Gasteiger partial charge in [0, 0.05) is 12.2 Å². The molecule has 1 aromatic carbocycles. The standard InChI is InChI=1S/C22H24N8/c1-6-9-16(23-5)12-30-19-11-8-7-10-17(19)26-21(30)18-13-29-15(4)27-28-22(29)20(25-18)24-14(2)3/h6-11,13-14H,1,5,12H2,2-4H3,(H,24,25)/b16-9-. The fraction of sp³-hybridized carbons (Fsp3) is 0.227. The van der Waals surface area contributed by atoms with Crippen LogP contribution in [0.3, 0.4) is 0 Å². The minimum Gasteiger partial charge on any atom is -0.365 e. The molecule has 3 aromatic heterocycles. The summed E-state index contributed by atoms with van der Waals surface area (Å²) in [4.78, 5) is 13.9. The Morgan fingerprint density at radius 1 is 1.23 bits per heavy atom. The molecule has 0 spiro atoms. The molecule has 0 atom stereocenters. The highest BCUT2D eigenvalue weighted by molar-refractivity contribution is 5.80. The van der Waals surface area contributed by atoms with Gasteiger partial charge in [-0.15, -0.1) is 10.2 Å². The Balaban J connectivity index is 1.97. The molecule has 1 N–H and O–H groups in total. The number of fused-ring (bicyclic) bond motifs is 2. The number of anilines is 1. The number of hydrogen-bond donors (Lipinski definition) is 1. The average molecular weight is 400 g/mol. The Kier molecular flexibility index (Phi) is 5.14. The molecule has 0 radical (unpaired) electrons. The molecule has 8 heteroatoms. The first-order valence-electron chi connectivity index (χ1n) is 9.74. The SMILES string of the molecule is C=C/C=C(/Cn1c(-c2cn3c(C)nnc3c(NC(C)C)n2)nc2ccccc21)N=C. The lowest BCUT2D eigenvalue weighted by molar-refractivity contribution is 0.804. The molecule has 0 amide bonds. The van der Waals surface area contributed by atoms with Crippen LogP contribution in [0, 0.1) is 6.92 Å². The smallest absolute Gasteiger partial charge is 0.203 e. The zero-order valence-electron chi connectivity index (χ0n) is 17.4. The topological polar surface area (TPSA) is 85.3 Å². The van der Waals surface area contributed by atoms with E-state index < -0.39 is 0 Å². The van der Waals surface area contributed by atoms with Crippen LogP contribution in [0.2, 0.25) is 0 Å². The van der Waals surface area contributed by atoms with Gasteiger partial charge in [-0.3, -0.25) is 9.39 Å². The lowest BCUT2D eigenvalue weighted by Gasteiger charge is -2.13. The number of para-hydroxylation sites is 2. The number of aromatic nitrogens is 6. The Labute approximate surface area is 174 Å². The van der Waals surface area contributed by atoms with Crippen LogP contribution in [0.4, 0.5) is 5.82 Å². The zero-order chi connectivity index (χ0) is 21.3. The molecule has 0 aliphatic heterocycles. The van der Waals surface area contributed by atoms with E-state index in [-0.39, 0.29) is 6.04 Å². The van der Waals surface area contributed by atoms with Gasteiger partial charge < -0.3 is 9.88 Å². The van der Waals surface area contributed by atoms with Crippen LogP contribution in [-0.2, 0) is 6.54 Å². The molecule has 0 aliphatic carbocycles. The summed E-state index contributed by atoms with van der Waals surface area (Å²) in [6.07, 6.45) is 5.47. The average Bonchev–Trinajstić information content (AvgIpc) is 3.28. The van der Waals surface area contributed by atoms with Gasteiger partial charge in [0.2, 0.25) is 5.65 Å². The highest BCUT2D eigenvalue weighted by atomic mass is 15.3. The number of rotatable bonds is 7. The van der Waals surface area contributed by atoms with Gasteiger partial charge in [0.05, 0.1) is 23.3 Å². The predicted octanol–water partition coefficient (Wildman–Crippen LogP) is 4.04. The van der Waals surface area contributed by atoms with Crippen LogP contribution in [-0.4, -0.2) is 41.9 Å². The highest BCUT2D eigenvalue weighted by Crippen LogP contribution is 2.27. The molecule has 4 aromatic rings. The van der Waals surface area contributed by atoms with E-state index in [0.29, 0.717) is 23.7 Å². The third-order valence-electron chi connectivity index (χ3n) is 4.70. The van der Waals surface area contributed by atoms with Gasteiger partial charge in [-0.2, -0.15) is 0 Å². The van der Waals surface area contributed by atoms with Crippen molar-refractivity contribution < 1.29 is 0 Å². The molecule has 0 fully saturated rings. The number of aliphatic imine (C=N–C) groups is 1. The minimum absolute atomic E-state index is 0.194. The third kappa shape index (κ3) is 3.47. The monoisotopic (exact) mass is 400 g/mol.